The van der Waals surface area contributed by atoms with Crippen LogP contribution in [0.25, 0.3) is 16.9 Å². The smallest absolute Gasteiger partial charge is 0.159 e. The normalized spacial score (nSPS) is 14.7. The topological polar surface area (TPSA) is 91.7 Å². The van der Waals surface area contributed by atoms with Gasteiger partial charge in [0.1, 0.15) is 24.0 Å². The third-order valence-corrected chi connectivity index (χ3v) is 5.30. The molecular formula is C20H23N9. The van der Waals surface area contributed by atoms with Crippen LogP contribution in [-0.2, 0) is 0 Å². The highest BCUT2D eigenvalue weighted by Crippen LogP contribution is 2.25. The summed E-state index contributed by atoms with van der Waals surface area (Å²) in [6.07, 6.45) is 3.26. The number of hydrogen-bond donors (Lipinski definition) is 1. The summed E-state index contributed by atoms with van der Waals surface area (Å²) in [4.78, 5) is 25.8. The molecule has 9 nitrogen and oxygen atoms in total. The van der Waals surface area contributed by atoms with Gasteiger partial charge >= 0.3 is 0 Å². The highest BCUT2D eigenvalue weighted by atomic mass is 15.3. The second-order valence-electron chi connectivity index (χ2n) is 7.46. The van der Waals surface area contributed by atoms with Gasteiger partial charge in [0.15, 0.2) is 11.6 Å². The van der Waals surface area contributed by atoms with E-state index < -0.39 is 0 Å². The monoisotopic (exact) mass is 389 g/mol. The molecule has 0 spiro atoms. The largest absolute Gasteiger partial charge is 0.354 e. The maximum Gasteiger partial charge on any atom is 0.159 e. The van der Waals surface area contributed by atoms with Gasteiger partial charge in [-0.15, -0.1) is 0 Å². The molecular weight excluding hydrogens is 366 g/mol. The summed E-state index contributed by atoms with van der Waals surface area (Å²) in [5, 5.41) is 4.53. The molecule has 0 radical (unpaired) electrons. The molecule has 29 heavy (non-hydrogen) atoms. The Labute approximate surface area is 168 Å². The molecule has 0 atom stereocenters. The van der Waals surface area contributed by atoms with Gasteiger partial charge < -0.3 is 14.8 Å². The van der Waals surface area contributed by atoms with Crippen molar-refractivity contribution in [1.29, 1.82) is 0 Å². The van der Waals surface area contributed by atoms with Crippen molar-refractivity contribution in [2.24, 2.45) is 0 Å². The third kappa shape index (κ3) is 3.18. The molecule has 0 aromatic carbocycles. The molecule has 148 valence electrons. The summed E-state index contributed by atoms with van der Waals surface area (Å²) >= 11 is 0. The van der Waals surface area contributed by atoms with Crippen LogP contribution in [0.5, 0.6) is 0 Å². The van der Waals surface area contributed by atoms with Crippen molar-refractivity contribution in [3.05, 3.63) is 47.9 Å². The number of anilines is 2. The number of aromatic amines is 1. The van der Waals surface area contributed by atoms with Crippen molar-refractivity contribution in [2.75, 3.05) is 36.0 Å². The van der Waals surface area contributed by atoms with E-state index in [9.17, 15) is 0 Å². The first-order chi connectivity index (χ1) is 14.1. The summed E-state index contributed by atoms with van der Waals surface area (Å²) in [7, 11) is 0. The number of rotatable bonds is 3. The Morgan fingerprint density at radius 3 is 2.28 bits per heavy atom. The van der Waals surface area contributed by atoms with Gasteiger partial charge in [0, 0.05) is 43.6 Å². The van der Waals surface area contributed by atoms with E-state index in [4.69, 9.17) is 0 Å². The van der Waals surface area contributed by atoms with Gasteiger partial charge in [-0.1, -0.05) is 0 Å². The van der Waals surface area contributed by atoms with E-state index in [2.05, 4.69) is 45.9 Å². The molecule has 1 aliphatic rings. The highest BCUT2D eigenvalue weighted by Gasteiger charge is 2.22. The molecule has 1 fully saturated rings. The lowest BCUT2D eigenvalue weighted by atomic mass is 10.3. The fraction of sp³-hybridized carbons (Fsp3) is 0.350. The summed E-state index contributed by atoms with van der Waals surface area (Å²) < 4.78 is 1.86. The predicted octanol–water partition coefficient (Wildman–Crippen LogP) is 2.19. The van der Waals surface area contributed by atoms with E-state index in [1.807, 2.05) is 37.6 Å². The Morgan fingerprint density at radius 1 is 0.793 bits per heavy atom. The lowest BCUT2D eigenvalue weighted by Crippen LogP contribution is -2.47. The molecule has 9 heteroatoms. The van der Waals surface area contributed by atoms with Gasteiger partial charge in [-0.25, -0.2) is 24.6 Å². The standard InChI is InChI=1S/C20H23N9/c1-13-9-16-19(25-13)20(24-11-21-16)28-6-4-27(5-7-28)17-10-18(23-12-22-17)29-15(3)8-14(2)26-29/h8-12,25H,4-7H2,1-3H3. The first kappa shape index (κ1) is 17.6. The molecule has 0 aliphatic carbocycles. The van der Waals surface area contributed by atoms with Crippen LogP contribution in [0.15, 0.2) is 30.9 Å². The Kier molecular flexibility index (Phi) is 4.15. The van der Waals surface area contributed by atoms with Gasteiger partial charge in [0.05, 0.1) is 11.2 Å². The average molecular weight is 389 g/mol. The Hall–Kier alpha value is -3.49. The third-order valence-electron chi connectivity index (χ3n) is 5.30. The van der Waals surface area contributed by atoms with Crippen LogP contribution in [0.2, 0.25) is 0 Å². The molecule has 1 saturated heterocycles. The molecule has 0 bridgehead atoms. The number of nitrogens with one attached hydrogen (secondary N) is 1. The fourth-order valence-electron chi connectivity index (χ4n) is 3.93. The van der Waals surface area contributed by atoms with Crippen LogP contribution >= 0.6 is 0 Å². The predicted molar refractivity (Wildman–Crippen MR) is 112 cm³/mol. The van der Waals surface area contributed by atoms with Crippen LogP contribution in [-0.4, -0.2) is 60.9 Å². The molecule has 1 N–H and O–H groups in total. The molecule has 0 unspecified atom stereocenters. The Morgan fingerprint density at radius 2 is 1.52 bits per heavy atom. The second-order valence-corrected chi connectivity index (χ2v) is 7.46. The summed E-state index contributed by atoms with van der Waals surface area (Å²) in [6, 6.07) is 6.11. The van der Waals surface area contributed by atoms with Crippen LogP contribution in [0.1, 0.15) is 17.1 Å². The van der Waals surface area contributed by atoms with E-state index in [0.29, 0.717) is 0 Å². The Bertz CT molecular complexity index is 1170. The molecule has 4 aromatic rings. The first-order valence-corrected chi connectivity index (χ1v) is 9.74. The van der Waals surface area contributed by atoms with E-state index in [0.717, 1.165) is 71.7 Å². The van der Waals surface area contributed by atoms with Crippen LogP contribution in [0, 0.1) is 20.8 Å². The molecule has 1 aliphatic heterocycles. The zero-order valence-electron chi connectivity index (χ0n) is 16.8. The highest BCUT2D eigenvalue weighted by molar-refractivity contribution is 5.86. The van der Waals surface area contributed by atoms with Crippen LogP contribution < -0.4 is 9.80 Å². The number of hydrogen-bond acceptors (Lipinski definition) is 7. The van der Waals surface area contributed by atoms with Crippen molar-refractivity contribution in [3.8, 4) is 5.82 Å². The minimum Gasteiger partial charge on any atom is -0.354 e. The average Bonchev–Trinajstić information content (AvgIpc) is 3.28. The zero-order valence-corrected chi connectivity index (χ0v) is 16.8. The van der Waals surface area contributed by atoms with E-state index in [-0.39, 0.29) is 0 Å². The van der Waals surface area contributed by atoms with Crippen LogP contribution in [0.4, 0.5) is 11.6 Å². The van der Waals surface area contributed by atoms with Gasteiger partial charge in [0.25, 0.3) is 0 Å². The molecule has 5 heterocycles. The van der Waals surface area contributed by atoms with Crippen molar-refractivity contribution >= 4 is 22.7 Å². The fourth-order valence-corrected chi connectivity index (χ4v) is 3.93. The number of H-pyrrole nitrogens is 1. The number of piperazine rings is 1. The molecule has 0 saturated carbocycles. The minimum absolute atomic E-state index is 0.794. The lowest BCUT2D eigenvalue weighted by molar-refractivity contribution is 0.641. The number of nitrogens with zero attached hydrogens (tertiary/aromatic N) is 8. The molecule has 0 amide bonds. The van der Waals surface area contributed by atoms with Gasteiger partial charge in [0.2, 0.25) is 0 Å². The molecule has 5 rings (SSSR count). The van der Waals surface area contributed by atoms with Gasteiger partial charge in [-0.05, 0) is 32.9 Å². The van der Waals surface area contributed by atoms with E-state index in [1.54, 1.807) is 12.7 Å². The van der Waals surface area contributed by atoms with E-state index in [1.165, 1.54) is 0 Å². The Balaban J connectivity index is 1.36. The maximum atomic E-state index is 4.54. The summed E-state index contributed by atoms with van der Waals surface area (Å²) in [6.45, 7) is 9.51. The maximum absolute atomic E-state index is 4.54. The minimum atomic E-state index is 0.794. The number of aryl methyl sites for hydroxylation is 3. The quantitative estimate of drug-likeness (QED) is 0.574. The summed E-state index contributed by atoms with van der Waals surface area (Å²) in [5.41, 5.74) is 5.10. The van der Waals surface area contributed by atoms with Crippen molar-refractivity contribution in [1.82, 2.24) is 34.7 Å². The molecule has 4 aromatic heterocycles. The van der Waals surface area contributed by atoms with Crippen molar-refractivity contribution < 1.29 is 0 Å². The lowest BCUT2D eigenvalue weighted by Gasteiger charge is -2.36. The number of fused-ring (bicyclic) bond motifs is 1. The SMILES string of the molecule is Cc1cc(C)n(-c2cc(N3CCN(c4ncnc5cc(C)[nH]c45)CC3)ncn2)n1. The second kappa shape index (κ2) is 6.84. The van der Waals surface area contributed by atoms with Crippen molar-refractivity contribution in [3.63, 3.8) is 0 Å². The van der Waals surface area contributed by atoms with Gasteiger partial charge in [-0.2, -0.15) is 5.10 Å². The zero-order chi connectivity index (χ0) is 20.0. The van der Waals surface area contributed by atoms with Gasteiger partial charge in [-0.3, -0.25) is 0 Å². The van der Waals surface area contributed by atoms with E-state index >= 15 is 0 Å². The first-order valence-electron chi connectivity index (χ1n) is 9.74. The van der Waals surface area contributed by atoms with Crippen molar-refractivity contribution in [2.45, 2.75) is 20.8 Å². The van der Waals surface area contributed by atoms with Crippen LogP contribution in [0.3, 0.4) is 0 Å². The summed E-state index contributed by atoms with van der Waals surface area (Å²) in [5.74, 6) is 2.68. The number of aromatic nitrogens is 7.